The summed E-state index contributed by atoms with van der Waals surface area (Å²) in [6.07, 6.45) is 0.226. The lowest BCUT2D eigenvalue weighted by atomic mass is 10.3. The first-order valence-corrected chi connectivity index (χ1v) is 9.39. The van der Waals surface area contributed by atoms with Crippen LogP contribution in [0.25, 0.3) is 0 Å². The molecule has 0 saturated carbocycles. The molecule has 0 saturated heterocycles. The monoisotopic (exact) mass is 401 g/mol. The lowest BCUT2D eigenvalue weighted by molar-refractivity contribution is -0.384. The fourth-order valence-electron chi connectivity index (χ4n) is 1.99. The number of benzene rings is 1. The van der Waals surface area contributed by atoms with E-state index in [1.54, 1.807) is 12.1 Å². The van der Waals surface area contributed by atoms with Crippen LogP contribution in [-0.4, -0.2) is 77.1 Å². The molecule has 0 radical (unpaired) electrons. The summed E-state index contributed by atoms with van der Waals surface area (Å²) in [6, 6.07) is 5.93. The van der Waals surface area contributed by atoms with Crippen molar-refractivity contribution < 1.29 is 33.3 Å². The first-order chi connectivity index (χ1) is 13.6. The first-order valence-electron chi connectivity index (χ1n) is 9.39. The topological polar surface area (TPSA) is 98.5 Å². The van der Waals surface area contributed by atoms with Crippen LogP contribution >= 0.6 is 0 Å². The van der Waals surface area contributed by atoms with Gasteiger partial charge in [0.2, 0.25) is 0 Å². The maximum atomic E-state index is 10.6. The van der Waals surface area contributed by atoms with Gasteiger partial charge in [0.25, 0.3) is 5.69 Å². The van der Waals surface area contributed by atoms with E-state index in [9.17, 15) is 10.1 Å². The van der Waals surface area contributed by atoms with Crippen molar-refractivity contribution in [2.24, 2.45) is 0 Å². The number of hydrogen-bond donors (Lipinski definition) is 0. The highest BCUT2D eigenvalue weighted by molar-refractivity contribution is 5.35. The smallest absolute Gasteiger partial charge is 0.269 e. The summed E-state index contributed by atoms with van der Waals surface area (Å²) in [5.74, 6) is 0.569. The van der Waals surface area contributed by atoms with E-state index in [1.165, 1.54) is 12.1 Å². The van der Waals surface area contributed by atoms with Crippen molar-refractivity contribution in [3.63, 3.8) is 0 Å². The Balaban J connectivity index is 1.80. The molecule has 0 spiro atoms. The van der Waals surface area contributed by atoms with Crippen molar-refractivity contribution in [2.75, 3.05) is 66.1 Å². The van der Waals surface area contributed by atoms with Gasteiger partial charge in [-0.05, 0) is 26.0 Å². The highest BCUT2D eigenvalue weighted by Crippen LogP contribution is 2.16. The van der Waals surface area contributed by atoms with Crippen molar-refractivity contribution in [3.8, 4) is 5.75 Å². The highest BCUT2D eigenvalue weighted by atomic mass is 16.6. The van der Waals surface area contributed by atoms with Crippen molar-refractivity contribution in [3.05, 3.63) is 34.4 Å². The van der Waals surface area contributed by atoms with Gasteiger partial charge >= 0.3 is 0 Å². The van der Waals surface area contributed by atoms with E-state index < -0.39 is 4.92 Å². The fraction of sp³-hybridized carbons (Fsp3) is 0.684. The van der Waals surface area contributed by atoms with Crippen LogP contribution in [0.5, 0.6) is 5.75 Å². The van der Waals surface area contributed by atoms with Crippen LogP contribution in [0, 0.1) is 10.1 Å². The second-order valence-corrected chi connectivity index (χ2v) is 5.97. The van der Waals surface area contributed by atoms with Gasteiger partial charge < -0.3 is 28.4 Å². The molecule has 9 heteroatoms. The molecule has 0 fully saturated rings. The molecule has 0 bridgehead atoms. The third-order valence-electron chi connectivity index (χ3n) is 3.34. The second kappa shape index (κ2) is 16.2. The van der Waals surface area contributed by atoms with Gasteiger partial charge in [-0.1, -0.05) is 0 Å². The lowest BCUT2D eigenvalue weighted by Gasteiger charge is -2.09. The molecule has 9 nitrogen and oxygen atoms in total. The van der Waals surface area contributed by atoms with Gasteiger partial charge in [-0.2, -0.15) is 0 Å². The van der Waals surface area contributed by atoms with Gasteiger partial charge in [-0.3, -0.25) is 10.1 Å². The van der Waals surface area contributed by atoms with E-state index in [4.69, 9.17) is 28.4 Å². The zero-order chi connectivity index (χ0) is 20.5. The van der Waals surface area contributed by atoms with Crippen molar-refractivity contribution in [1.82, 2.24) is 0 Å². The van der Waals surface area contributed by atoms with Gasteiger partial charge in [-0.15, -0.1) is 0 Å². The van der Waals surface area contributed by atoms with Crippen LogP contribution in [0.3, 0.4) is 0 Å². The molecule has 0 atom stereocenters. The summed E-state index contributed by atoms with van der Waals surface area (Å²) in [7, 11) is 0. The molecule has 0 unspecified atom stereocenters. The molecule has 0 amide bonds. The number of hydrogen-bond acceptors (Lipinski definition) is 8. The van der Waals surface area contributed by atoms with E-state index in [0.717, 1.165) is 0 Å². The average Bonchev–Trinajstić information content (AvgIpc) is 2.67. The van der Waals surface area contributed by atoms with Gasteiger partial charge in [0.15, 0.2) is 0 Å². The molecule has 0 N–H and O–H groups in total. The number of ether oxygens (including phenoxy) is 6. The molecule has 1 aromatic carbocycles. The molecule has 28 heavy (non-hydrogen) atoms. The number of non-ortho nitro benzene ring substituents is 1. The molecule has 0 aromatic heterocycles. The van der Waals surface area contributed by atoms with E-state index in [2.05, 4.69) is 0 Å². The Morgan fingerprint density at radius 3 is 1.61 bits per heavy atom. The van der Waals surface area contributed by atoms with Crippen LogP contribution in [0.4, 0.5) is 5.69 Å². The van der Waals surface area contributed by atoms with Gasteiger partial charge in [0.1, 0.15) is 12.4 Å². The van der Waals surface area contributed by atoms with Crippen LogP contribution < -0.4 is 4.74 Å². The number of nitro groups is 1. The Labute approximate surface area is 166 Å². The van der Waals surface area contributed by atoms with Crippen molar-refractivity contribution in [2.45, 2.75) is 20.0 Å². The standard InChI is InChI=1S/C19H31NO8/c1-17(2)27-15-13-25-11-9-23-7-8-24-10-12-26-14-16-28-19-5-3-18(4-6-19)20(21)22/h3-6,17H,7-16H2,1-2H3. The van der Waals surface area contributed by atoms with E-state index in [-0.39, 0.29) is 11.8 Å². The minimum absolute atomic E-state index is 0.0356. The van der Waals surface area contributed by atoms with Crippen LogP contribution in [-0.2, 0) is 23.7 Å². The summed E-state index contributed by atoms with van der Waals surface area (Å²) < 4.78 is 32.3. The second-order valence-electron chi connectivity index (χ2n) is 5.97. The van der Waals surface area contributed by atoms with Crippen LogP contribution in [0.15, 0.2) is 24.3 Å². The summed E-state index contributed by atoms with van der Waals surface area (Å²) in [6.45, 7) is 8.94. The zero-order valence-electron chi connectivity index (χ0n) is 16.7. The van der Waals surface area contributed by atoms with E-state index in [0.29, 0.717) is 71.8 Å². The Hall–Kier alpha value is -1.78. The maximum absolute atomic E-state index is 10.6. The molecule has 0 aliphatic carbocycles. The summed E-state index contributed by atoms with van der Waals surface area (Å²) in [5, 5.41) is 10.6. The molecular formula is C19H31NO8. The quantitative estimate of drug-likeness (QED) is 0.210. The van der Waals surface area contributed by atoms with Gasteiger partial charge in [0, 0.05) is 12.1 Å². The number of nitro benzene ring substituents is 1. The van der Waals surface area contributed by atoms with Gasteiger partial charge in [0.05, 0.1) is 70.5 Å². The zero-order valence-corrected chi connectivity index (χ0v) is 16.7. The molecular weight excluding hydrogens is 370 g/mol. The van der Waals surface area contributed by atoms with Crippen molar-refractivity contribution >= 4 is 5.69 Å². The minimum atomic E-state index is -0.448. The van der Waals surface area contributed by atoms with E-state index >= 15 is 0 Å². The SMILES string of the molecule is CC(C)OCCOCCOCCOCCOCCOc1ccc([N+](=O)[O-])cc1. The fourth-order valence-corrected chi connectivity index (χ4v) is 1.99. The largest absolute Gasteiger partial charge is 0.491 e. The predicted octanol–water partition coefficient (Wildman–Crippen LogP) is 2.46. The molecule has 1 aromatic rings. The molecule has 0 heterocycles. The minimum Gasteiger partial charge on any atom is -0.491 e. The summed E-state index contributed by atoms with van der Waals surface area (Å²) in [5.41, 5.74) is 0.0356. The Bertz CT molecular complexity index is 509. The third-order valence-corrected chi connectivity index (χ3v) is 3.34. The third kappa shape index (κ3) is 13.4. The maximum Gasteiger partial charge on any atom is 0.269 e. The number of nitrogens with zero attached hydrogens (tertiary/aromatic N) is 1. The van der Waals surface area contributed by atoms with Gasteiger partial charge in [-0.25, -0.2) is 0 Å². The van der Waals surface area contributed by atoms with Crippen LogP contribution in [0.1, 0.15) is 13.8 Å². The van der Waals surface area contributed by atoms with E-state index in [1.807, 2.05) is 13.8 Å². The summed E-state index contributed by atoms with van der Waals surface area (Å²) in [4.78, 5) is 10.1. The Morgan fingerprint density at radius 1 is 0.750 bits per heavy atom. The molecule has 0 aliphatic rings. The normalized spacial score (nSPS) is 11.1. The first kappa shape index (κ1) is 24.3. The van der Waals surface area contributed by atoms with Crippen LogP contribution in [0.2, 0.25) is 0 Å². The molecule has 1 rings (SSSR count). The highest BCUT2D eigenvalue weighted by Gasteiger charge is 2.04. The molecule has 160 valence electrons. The average molecular weight is 401 g/mol. The number of rotatable bonds is 18. The molecule has 0 aliphatic heterocycles. The summed E-state index contributed by atoms with van der Waals surface area (Å²) >= 11 is 0. The predicted molar refractivity (Wildman–Crippen MR) is 103 cm³/mol. The Kier molecular flexibility index (Phi) is 14.0. The lowest BCUT2D eigenvalue weighted by Crippen LogP contribution is -2.15. The Morgan fingerprint density at radius 2 is 1.18 bits per heavy atom. The van der Waals surface area contributed by atoms with Crippen molar-refractivity contribution in [1.29, 1.82) is 0 Å².